The Hall–Kier alpha value is -0.590. The van der Waals surface area contributed by atoms with E-state index < -0.39 is 0 Å². The average molecular weight is 378 g/mol. The highest BCUT2D eigenvalue weighted by atomic mass is 79.9. The molecule has 1 aliphatic rings. The van der Waals surface area contributed by atoms with Crippen LogP contribution in [0.15, 0.2) is 21.1 Å². The molecule has 6 heteroatoms. The SMILES string of the molecule is COc1cc(NC(=O)C2CCCN2)c(Br)cc1Br. The topological polar surface area (TPSA) is 50.4 Å². The normalized spacial score (nSPS) is 18.7. The standard InChI is InChI=1S/C12H14Br2N2O2/c1-18-11-6-10(7(13)5-8(11)14)16-12(17)9-3-2-4-15-9/h5-6,9,15H,2-4H2,1H3,(H,16,17). The highest BCUT2D eigenvalue weighted by Crippen LogP contribution is 2.34. The van der Waals surface area contributed by atoms with Crippen molar-refractivity contribution in [1.82, 2.24) is 5.32 Å². The summed E-state index contributed by atoms with van der Waals surface area (Å²) in [5, 5.41) is 6.07. The van der Waals surface area contributed by atoms with Crippen LogP contribution in [0.1, 0.15) is 12.8 Å². The van der Waals surface area contributed by atoms with Crippen LogP contribution in [0, 0.1) is 0 Å². The molecule has 1 heterocycles. The summed E-state index contributed by atoms with van der Waals surface area (Å²) >= 11 is 6.82. The van der Waals surface area contributed by atoms with Crippen molar-refractivity contribution in [3.8, 4) is 5.75 Å². The minimum atomic E-state index is -0.0912. The van der Waals surface area contributed by atoms with E-state index in [-0.39, 0.29) is 11.9 Å². The fourth-order valence-electron chi connectivity index (χ4n) is 1.91. The van der Waals surface area contributed by atoms with E-state index in [1.54, 1.807) is 13.2 Å². The van der Waals surface area contributed by atoms with E-state index in [9.17, 15) is 4.79 Å². The zero-order valence-electron chi connectivity index (χ0n) is 9.93. The lowest BCUT2D eigenvalue weighted by molar-refractivity contribution is -0.117. The van der Waals surface area contributed by atoms with Crippen molar-refractivity contribution in [1.29, 1.82) is 0 Å². The number of carbonyl (C=O) groups is 1. The molecule has 1 fully saturated rings. The maximum atomic E-state index is 12.0. The van der Waals surface area contributed by atoms with Gasteiger partial charge in [-0.2, -0.15) is 0 Å². The van der Waals surface area contributed by atoms with E-state index in [2.05, 4.69) is 42.5 Å². The molecule has 0 aliphatic carbocycles. The molecule has 1 aliphatic heterocycles. The first-order valence-electron chi connectivity index (χ1n) is 5.69. The van der Waals surface area contributed by atoms with Crippen LogP contribution in [0.25, 0.3) is 0 Å². The van der Waals surface area contributed by atoms with Crippen molar-refractivity contribution in [3.63, 3.8) is 0 Å². The Morgan fingerprint density at radius 3 is 2.83 bits per heavy atom. The van der Waals surface area contributed by atoms with Gasteiger partial charge in [-0.15, -0.1) is 0 Å². The number of rotatable bonds is 3. The van der Waals surface area contributed by atoms with Crippen LogP contribution >= 0.6 is 31.9 Å². The third-order valence-electron chi connectivity index (χ3n) is 2.88. The molecular weight excluding hydrogens is 364 g/mol. The molecule has 1 aromatic rings. The number of benzene rings is 1. The molecule has 2 N–H and O–H groups in total. The van der Waals surface area contributed by atoms with Gasteiger partial charge in [-0.1, -0.05) is 0 Å². The largest absolute Gasteiger partial charge is 0.495 e. The molecule has 18 heavy (non-hydrogen) atoms. The predicted octanol–water partition coefficient (Wildman–Crippen LogP) is 2.91. The van der Waals surface area contributed by atoms with Crippen molar-refractivity contribution in [2.24, 2.45) is 0 Å². The third kappa shape index (κ3) is 3.05. The van der Waals surface area contributed by atoms with Gasteiger partial charge in [-0.05, 0) is 57.3 Å². The fourth-order valence-corrected chi connectivity index (χ4v) is 3.16. The average Bonchev–Trinajstić information content (AvgIpc) is 2.86. The number of halogens is 2. The summed E-state index contributed by atoms with van der Waals surface area (Å²) in [5.74, 6) is 0.686. The summed E-state index contributed by atoms with van der Waals surface area (Å²) in [5.41, 5.74) is 0.716. The van der Waals surface area contributed by atoms with E-state index in [0.717, 1.165) is 28.3 Å². The molecule has 0 radical (unpaired) electrons. The number of ether oxygens (including phenoxy) is 1. The zero-order chi connectivity index (χ0) is 13.1. The van der Waals surface area contributed by atoms with Crippen LogP contribution in [0.3, 0.4) is 0 Å². The van der Waals surface area contributed by atoms with E-state index >= 15 is 0 Å². The number of hydrogen-bond acceptors (Lipinski definition) is 3. The molecule has 1 aromatic carbocycles. The van der Waals surface area contributed by atoms with Crippen molar-refractivity contribution in [2.75, 3.05) is 19.0 Å². The van der Waals surface area contributed by atoms with Crippen LogP contribution in [0.2, 0.25) is 0 Å². The molecule has 0 aromatic heterocycles. The van der Waals surface area contributed by atoms with Gasteiger partial charge in [0.25, 0.3) is 0 Å². The first-order valence-corrected chi connectivity index (χ1v) is 7.27. The molecule has 4 nitrogen and oxygen atoms in total. The zero-order valence-corrected chi connectivity index (χ0v) is 13.1. The second-order valence-electron chi connectivity index (χ2n) is 4.10. The van der Waals surface area contributed by atoms with Gasteiger partial charge in [0.2, 0.25) is 5.91 Å². The smallest absolute Gasteiger partial charge is 0.241 e. The Kier molecular flexibility index (Phi) is 4.64. The van der Waals surface area contributed by atoms with Gasteiger partial charge < -0.3 is 15.4 Å². The second kappa shape index (κ2) is 6.04. The van der Waals surface area contributed by atoms with Crippen LogP contribution in [0.4, 0.5) is 5.69 Å². The van der Waals surface area contributed by atoms with Crippen molar-refractivity contribution < 1.29 is 9.53 Å². The Labute approximate surface area is 123 Å². The van der Waals surface area contributed by atoms with Crippen molar-refractivity contribution in [3.05, 3.63) is 21.1 Å². The van der Waals surface area contributed by atoms with Gasteiger partial charge in [-0.25, -0.2) is 0 Å². The number of carbonyl (C=O) groups excluding carboxylic acids is 1. The number of methoxy groups -OCH3 is 1. The van der Waals surface area contributed by atoms with E-state index in [1.807, 2.05) is 6.07 Å². The monoisotopic (exact) mass is 376 g/mol. The molecule has 1 amide bonds. The first-order chi connectivity index (χ1) is 8.61. The summed E-state index contributed by atoms with van der Waals surface area (Å²) < 4.78 is 6.88. The lowest BCUT2D eigenvalue weighted by atomic mass is 10.2. The van der Waals surface area contributed by atoms with Gasteiger partial charge in [0.15, 0.2) is 0 Å². The molecule has 0 spiro atoms. The quantitative estimate of drug-likeness (QED) is 0.851. The Morgan fingerprint density at radius 2 is 2.22 bits per heavy atom. The van der Waals surface area contributed by atoms with E-state index in [0.29, 0.717) is 11.4 Å². The Morgan fingerprint density at radius 1 is 1.44 bits per heavy atom. The van der Waals surface area contributed by atoms with Gasteiger partial charge in [0.1, 0.15) is 5.75 Å². The number of hydrogen-bond donors (Lipinski definition) is 2. The van der Waals surface area contributed by atoms with Crippen LogP contribution < -0.4 is 15.4 Å². The van der Waals surface area contributed by atoms with E-state index in [1.165, 1.54) is 0 Å². The number of nitrogens with one attached hydrogen (secondary N) is 2. The number of anilines is 1. The maximum Gasteiger partial charge on any atom is 0.241 e. The molecule has 98 valence electrons. The molecule has 1 unspecified atom stereocenters. The number of amides is 1. The third-order valence-corrected chi connectivity index (χ3v) is 4.15. The minimum absolute atomic E-state index is 0.00224. The summed E-state index contributed by atoms with van der Waals surface area (Å²) in [6, 6.07) is 3.56. The molecule has 1 saturated heterocycles. The first kappa shape index (κ1) is 13.8. The van der Waals surface area contributed by atoms with Gasteiger partial charge in [0, 0.05) is 10.5 Å². The lowest BCUT2D eigenvalue weighted by Crippen LogP contribution is -2.35. The summed E-state index contributed by atoms with van der Waals surface area (Å²) in [7, 11) is 1.60. The van der Waals surface area contributed by atoms with Crippen LogP contribution in [-0.4, -0.2) is 25.6 Å². The molecular formula is C12H14Br2N2O2. The maximum absolute atomic E-state index is 12.0. The molecule has 1 atom stereocenters. The molecule has 0 saturated carbocycles. The van der Waals surface area contributed by atoms with Crippen molar-refractivity contribution in [2.45, 2.75) is 18.9 Å². The Balaban J connectivity index is 2.15. The lowest BCUT2D eigenvalue weighted by Gasteiger charge is -2.14. The summed E-state index contributed by atoms with van der Waals surface area (Å²) in [6.07, 6.45) is 1.93. The van der Waals surface area contributed by atoms with Crippen molar-refractivity contribution >= 4 is 43.5 Å². The van der Waals surface area contributed by atoms with Gasteiger partial charge >= 0.3 is 0 Å². The molecule has 2 rings (SSSR count). The van der Waals surface area contributed by atoms with Crippen LogP contribution in [-0.2, 0) is 4.79 Å². The van der Waals surface area contributed by atoms with Gasteiger partial charge in [-0.3, -0.25) is 4.79 Å². The molecule has 0 bridgehead atoms. The summed E-state index contributed by atoms with van der Waals surface area (Å²) in [6.45, 7) is 0.906. The van der Waals surface area contributed by atoms with E-state index in [4.69, 9.17) is 4.74 Å². The van der Waals surface area contributed by atoms with Crippen LogP contribution in [0.5, 0.6) is 5.75 Å². The summed E-state index contributed by atoms with van der Waals surface area (Å²) in [4.78, 5) is 12.0. The highest BCUT2D eigenvalue weighted by Gasteiger charge is 2.22. The minimum Gasteiger partial charge on any atom is -0.495 e. The highest BCUT2D eigenvalue weighted by molar-refractivity contribution is 9.11. The second-order valence-corrected chi connectivity index (χ2v) is 5.81. The predicted molar refractivity (Wildman–Crippen MR) is 78.0 cm³/mol. The van der Waals surface area contributed by atoms with Gasteiger partial charge in [0.05, 0.1) is 23.3 Å². The Bertz CT molecular complexity index is 460. The fraction of sp³-hybridized carbons (Fsp3) is 0.417.